The second kappa shape index (κ2) is 7.60. The fourth-order valence-corrected chi connectivity index (χ4v) is 2.36. The van der Waals surface area contributed by atoms with Crippen molar-refractivity contribution < 1.29 is 28.5 Å². The summed E-state index contributed by atoms with van der Waals surface area (Å²) >= 11 is 0. The van der Waals surface area contributed by atoms with Gasteiger partial charge in [-0.3, -0.25) is 4.79 Å². The molecule has 7 heteroatoms. The molecule has 0 bridgehead atoms. The van der Waals surface area contributed by atoms with E-state index in [9.17, 15) is 9.59 Å². The molecule has 7 nitrogen and oxygen atoms in total. The second-order valence-electron chi connectivity index (χ2n) is 5.34. The monoisotopic (exact) mass is 355 g/mol. The quantitative estimate of drug-likeness (QED) is 0.655. The summed E-state index contributed by atoms with van der Waals surface area (Å²) in [6.45, 7) is 0.153. The highest BCUT2D eigenvalue weighted by Crippen LogP contribution is 2.33. The molecule has 0 unspecified atom stereocenters. The normalized spacial score (nSPS) is 12.5. The summed E-state index contributed by atoms with van der Waals surface area (Å²) in [5, 5.41) is 2.57. The van der Waals surface area contributed by atoms with Crippen LogP contribution in [-0.4, -0.2) is 32.9 Å². The number of ether oxygens (including phenoxy) is 4. The molecule has 0 radical (unpaired) electrons. The Hall–Kier alpha value is -3.48. The van der Waals surface area contributed by atoms with Crippen LogP contribution in [0.4, 0.5) is 0 Å². The molecule has 1 amide bonds. The molecule has 0 fully saturated rings. The van der Waals surface area contributed by atoms with Crippen LogP contribution in [0.25, 0.3) is 6.08 Å². The third-order valence-corrected chi connectivity index (χ3v) is 3.71. The first-order chi connectivity index (χ1) is 12.6. The van der Waals surface area contributed by atoms with Gasteiger partial charge in [-0.1, -0.05) is 6.07 Å². The minimum atomic E-state index is -0.662. The van der Waals surface area contributed by atoms with Crippen molar-refractivity contribution in [3.8, 4) is 17.2 Å². The molecule has 26 heavy (non-hydrogen) atoms. The number of amides is 1. The average Bonchev–Trinajstić information content (AvgIpc) is 3.14. The molecule has 3 rings (SSSR count). The summed E-state index contributed by atoms with van der Waals surface area (Å²) in [6, 6.07) is 11.7. The fraction of sp³-hybridized carbons (Fsp3) is 0.158. The average molecular weight is 355 g/mol. The Morgan fingerprint density at radius 1 is 1.04 bits per heavy atom. The van der Waals surface area contributed by atoms with Gasteiger partial charge in [0.1, 0.15) is 11.4 Å². The maximum Gasteiger partial charge on any atom is 0.354 e. The van der Waals surface area contributed by atoms with Crippen molar-refractivity contribution in [2.75, 3.05) is 21.0 Å². The number of hydrogen-bond donors (Lipinski definition) is 1. The maximum absolute atomic E-state index is 12.4. The van der Waals surface area contributed by atoms with Crippen molar-refractivity contribution in [1.29, 1.82) is 0 Å². The Labute approximate surface area is 150 Å². The maximum atomic E-state index is 12.4. The summed E-state index contributed by atoms with van der Waals surface area (Å²) < 4.78 is 20.4. The smallest absolute Gasteiger partial charge is 0.354 e. The highest BCUT2D eigenvalue weighted by atomic mass is 16.7. The van der Waals surface area contributed by atoms with E-state index in [-0.39, 0.29) is 12.5 Å². The Balaban J connectivity index is 1.83. The summed E-state index contributed by atoms with van der Waals surface area (Å²) in [5.41, 5.74) is 1.04. The molecule has 1 heterocycles. The van der Waals surface area contributed by atoms with Crippen molar-refractivity contribution >= 4 is 18.0 Å². The van der Waals surface area contributed by atoms with Crippen molar-refractivity contribution in [2.24, 2.45) is 0 Å². The number of carbonyl (C=O) groups is 2. The molecular formula is C19H17NO6. The largest absolute Gasteiger partial charge is 0.497 e. The molecule has 2 aromatic carbocycles. The summed E-state index contributed by atoms with van der Waals surface area (Å²) in [7, 11) is 2.79. The number of carbonyl (C=O) groups excluding carboxylic acids is 2. The van der Waals surface area contributed by atoms with Gasteiger partial charge in [0.2, 0.25) is 6.79 Å². The van der Waals surface area contributed by atoms with Crippen molar-refractivity contribution in [2.45, 2.75) is 0 Å². The van der Waals surface area contributed by atoms with Crippen molar-refractivity contribution in [3.63, 3.8) is 0 Å². The van der Waals surface area contributed by atoms with E-state index in [0.717, 1.165) is 0 Å². The van der Waals surface area contributed by atoms with Gasteiger partial charge in [-0.25, -0.2) is 4.79 Å². The van der Waals surface area contributed by atoms with Crippen molar-refractivity contribution in [1.82, 2.24) is 5.32 Å². The highest BCUT2D eigenvalue weighted by Gasteiger charge is 2.17. The van der Waals surface area contributed by atoms with E-state index in [2.05, 4.69) is 5.32 Å². The summed E-state index contributed by atoms with van der Waals surface area (Å²) in [4.78, 5) is 24.4. The van der Waals surface area contributed by atoms with Crippen LogP contribution in [0.15, 0.2) is 48.2 Å². The minimum Gasteiger partial charge on any atom is -0.497 e. The number of nitrogens with one attached hydrogen (secondary N) is 1. The Kier molecular flexibility index (Phi) is 5.07. The summed E-state index contributed by atoms with van der Waals surface area (Å²) in [6.07, 6.45) is 1.51. The van der Waals surface area contributed by atoms with Gasteiger partial charge < -0.3 is 24.3 Å². The van der Waals surface area contributed by atoms with E-state index in [1.165, 1.54) is 13.2 Å². The highest BCUT2D eigenvalue weighted by molar-refractivity contribution is 6.03. The van der Waals surface area contributed by atoms with Crippen LogP contribution in [0.1, 0.15) is 15.9 Å². The van der Waals surface area contributed by atoms with E-state index >= 15 is 0 Å². The van der Waals surface area contributed by atoms with Crippen LogP contribution in [-0.2, 0) is 9.53 Å². The zero-order chi connectivity index (χ0) is 18.5. The fourth-order valence-electron chi connectivity index (χ4n) is 2.36. The molecule has 0 spiro atoms. The van der Waals surface area contributed by atoms with Crippen LogP contribution >= 0.6 is 0 Å². The topological polar surface area (TPSA) is 83.1 Å². The number of methoxy groups -OCH3 is 2. The lowest BCUT2D eigenvalue weighted by atomic mass is 10.1. The first kappa shape index (κ1) is 17.3. The molecule has 1 N–H and O–H groups in total. The lowest BCUT2D eigenvalue weighted by molar-refractivity contribution is -0.136. The number of rotatable bonds is 5. The van der Waals surface area contributed by atoms with Crippen LogP contribution < -0.4 is 19.5 Å². The predicted molar refractivity (Wildman–Crippen MR) is 93.0 cm³/mol. The first-order valence-electron chi connectivity index (χ1n) is 7.76. The molecular weight excluding hydrogens is 338 g/mol. The molecule has 1 aliphatic heterocycles. The van der Waals surface area contributed by atoms with Gasteiger partial charge in [-0.05, 0) is 48.0 Å². The molecule has 0 atom stereocenters. The van der Waals surface area contributed by atoms with Gasteiger partial charge >= 0.3 is 5.97 Å². The van der Waals surface area contributed by atoms with E-state index in [0.29, 0.717) is 28.4 Å². The third-order valence-electron chi connectivity index (χ3n) is 3.71. The van der Waals surface area contributed by atoms with E-state index in [1.54, 1.807) is 49.6 Å². The number of fused-ring (bicyclic) bond motifs is 1. The second-order valence-corrected chi connectivity index (χ2v) is 5.34. The molecule has 0 saturated carbocycles. The van der Waals surface area contributed by atoms with Crippen LogP contribution in [0, 0.1) is 0 Å². The van der Waals surface area contributed by atoms with Gasteiger partial charge in [0.15, 0.2) is 11.5 Å². The van der Waals surface area contributed by atoms with Gasteiger partial charge in [-0.15, -0.1) is 0 Å². The Morgan fingerprint density at radius 3 is 2.46 bits per heavy atom. The van der Waals surface area contributed by atoms with Crippen LogP contribution in [0.2, 0.25) is 0 Å². The molecule has 2 aromatic rings. The molecule has 0 aliphatic carbocycles. The Morgan fingerprint density at radius 2 is 1.77 bits per heavy atom. The van der Waals surface area contributed by atoms with E-state index in [4.69, 9.17) is 18.9 Å². The van der Waals surface area contributed by atoms with Gasteiger partial charge in [-0.2, -0.15) is 0 Å². The van der Waals surface area contributed by atoms with E-state index < -0.39 is 11.9 Å². The third kappa shape index (κ3) is 3.77. The Bertz CT molecular complexity index is 857. The van der Waals surface area contributed by atoms with Crippen LogP contribution in [0.3, 0.4) is 0 Å². The molecule has 134 valence electrons. The lowest BCUT2D eigenvalue weighted by Gasteiger charge is -2.09. The molecule has 1 aliphatic rings. The number of esters is 1. The van der Waals surface area contributed by atoms with E-state index in [1.807, 2.05) is 0 Å². The van der Waals surface area contributed by atoms with Gasteiger partial charge in [0.25, 0.3) is 5.91 Å². The lowest BCUT2D eigenvalue weighted by Crippen LogP contribution is -2.28. The predicted octanol–water partition coefficient (Wildman–Crippen LogP) is 2.37. The zero-order valence-electron chi connectivity index (χ0n) is 14.3. The number of benzene rings is 2. The molecule has 0 saturated heterocycles. The van der Waals surface area contributed by atoms with Gasteiger partial charge in [0.05, 0.1) is 14.2 Å². The SMILES string of the molecule is COC(=O)/C(=C/c1ccc2c(c1)OCO2)NC(=O)c1ccc(OC)cc1. The van der Waals surface area contributed by atoms with Gasteiger partial charge in [0, 0.05) is 5.56 Å². The van der Waals surface area contributed by atoms with Crippen LogP contribution in [0.5, 0.6) is 17.2 Å². The van der Waals surface area contributed by atoms with Crippen molar-refractivity contribution in [3.05, 3.63) is 59.3 Å². The first-order valence-corrected chi connectivity index (χ1v) is 7.76. The number of hydrogen-bond acceptors (Lipinski definition) is 6. The molecule has 0 aromatic heterocycles. The standard InChI is InChI=1S/C19H17NO6/c1-23-14-6-4-13(5-7-14)18(21)20-15(19(22)24-2)9-12-3-8-16-17(10-12)26-11-25-16/h3-10H,11H2,1-2H3,(H,20,21)/b15-9-. The minimum absolute atomic E-state index is 0.00665. The summed E-state index contributed by atoms with van der Waals surface area (Å²) in [5.74, 6) is 0.730. The zero-order valence-corrected chi connectivity index (χ0v) is 14.3.